The van der Waals surface area contributed by atoms with Gasteiger partial charge in [-0.2, -0.15) is 5.10 Å². The molecule has 0 fully saturated rings. The molecular formula is C12H19N3O. The lowest BCUT2D eigenvalue weighted by molar-refractivity contribution is 0.111. The van der Waals surface area contributed by atoms with Crippen LogP contribution in [0.4, 0.5) is 0 Å². The third kappa shape index (κ3) is 2.02. The lowest BCUT2D eigenvalue weighted by Crippen LogP contribution is -2.28. The second-order valence-electron chi connectivity index (χ2n) is 4.99. The quantitative estimate of drug-likeness (QED) is 0.723. The first-order valence-electron chi connectivity index (χ1n) is 5.84. The molecule has 1 aromatic rings. The highest BCUT2D eigenvalue weighted by Gasteiger charge is 2.22. The molecular weight excluding hydrogens is 202 g/mol. The molecule has 0 bridgehead atoms. The zero-order valence-electron chi connectivity index (χ0n) is 10.2. The minimum Gasteiger partial charge on any atom is -0.300 e. The van der Waals surface area contributed by atoms with E-state index in [0.29, 0.717) is 11.6 Å². The van der Waals surface area contributed by atoms with Gasteiger partial charge >= 0.3 is 0 Å². The summed E-state index contributed by atoms with van der Waals surface area (Å²) in [6.45, 7) is 7.15. The second kappa shape index (κ2) is 4.37. The van der Waals surface area contributed by atoms with E-state index in [-0.39, 0.29) is 0 Å². The van der Waals surface area contributed by atoms with Crippen LogP contribution in [-0.2, 0) is 19.5 Å². The van der Waals surface area contributed by atoms with E-state index in [4.69, 9.17) is 0 Å². The van der Waals surface area contributed by atoms with Gasteiger partial charge in [-0.1, -0.05) is 13.8 Å². The topological polar surface area (TPSA) is 38.1 Å². The molecule has 88 valence electrons. The SMILES string of the molecule is CC(C)Cn1nc(C=O)c2c1CN(C)CC2. The van der Waals surface area contributed by atoms with Crippen LogP contribution in [0.15, 0.2) is 0 Å². The Morgan fingerprint density at radius 3 is 2.88 bits per heavy atom. The number of nitrogens with zero attached hydrogens (tertiary/aromatic N) is 3. The molecule has 0 amide bonds. The summed E-state index contributed by atoms with van der Waals surface area (Å²) in [6, 6.07) is 0. The van der Waals surface area contributed by atoms with Crippen molar-refractivity contribution in [2.45, 2.75) is 33.4 Å². The Labute approximate surface area is 96.2 Å². The van der Waals surface area contributed by atoms with Gasteiger partial charge in [0, 0.05) is 25.2 Å². The molecule has 4 heteroatoms. The maximum atomic E-state index is 11.0. The van der Waals surface area contributed by atoms with Crippen molar-refractivity contribution in [2.24, 2.45) is 5.92 Å². The smallest absolute Gasteiger partial charge is 0.170 e. The van der Waals surface area contributed by atoms with Gasteiger partial charge in [-0.3, -0.25) is 9.48 Å². The van der Waals surface area contributed by atoms with Gasteiger partial charge in [-0.15, -0.1) is 0 Å². The minimum absolute atomic E-state index is 0.552. The molecule has 0 aromatic carbocycles. The van der Waals surface area contributed by atoms with E-state index in [1.54, 1.807) is 0 Å². The Kier molecular flexibility index (Phi) is 3.10. The van der Waals surface area contributed by atoms with Crippen molar-refractivity contribution >= 4 is 6.29 Å². The molecule has 0 unspecified atom stereocenters. The van der Waals surface area contributed by atoms with E-state index >= 15 is 0 Å². The summed E-state index contributed by atoms with van der Waals surface area (Å²) < 4.78 is 2.01. The van der Waals surface area contributed by atoms with E-state index in [1.807, 2.05) is 4.68 Å². The van der Waals surface area contributed by atoms with Crippen LogP contribution in [0.2, 0.25) is 0 Å². The number of hydrogen-bond donors (Lipinski definition) is 0. The average Bonchev–Trinajstić information content (AvgIpc) is 2.55. The number of carbonyl (C=O) groups is 1. The molecule has 1 aliphatic heterocycles. The van der Waals surface area contributed by atoms with Crippen LogP contribution < -0.4 is 0 Å². The van der Waals surface area contributed by atoms with Crippen LogP contribution in [-0.4, -0.2) is 34.6 Å². The van der Waals surface area contributed by atoms with Crippen molar-refractivity contribution in [3.05, 3.63) is 17.0 Å². The number of aromatic nitrogens is 2. The first-order valence-corrected chi connectivity index (χ1v) is 5.84. The number of likely N-dealkylation sites (N-methyl/N-ethyl adjacent to an activating group) is 1. The Hall–Kier alpha value is -1.16. The summed E-state index contributed by atoms with van der Waals surface area (Å²) in [4.78, 5) is 13.2. The van der Waals surface area contributed by atoms with E-state index in [2.05, 4.69) is 30.9 Å². The number of carbonyl (C=O) groups excluding carboxylic acids is 1. The summed E-state index contributed by atoms with van der Waals surface area (Å²) >= 11 is 0. The zero-order chi connectivity index (χ0) is 11.7. The normalized spacial score (nSPS) is 16.5. The minimum atomic E-state index is 0.552. The summed E-state index contributed by atoms with van der Waals surface area (Å²) in [5, 5.41) is 4.41. The molecule has 1 aromatic heterocycles. The third-order valence-electron chi connectivity index (χ3n) is 3.01. The molecule has 0 radical (unpaired) electrons. The summed E-state index contributed by atoms with van der Waals surface area (Å²) in [7, 11) is 2.11. The van der Waals surface area contributed by atoms with Crippen LogP contribution in [0.5, 0.6) is 0 Å². The van der Waals surface area contributed by atoms with Crippen molar-refractivity contribution in [1.82, 2.24) is 14.7 Å². The van der Waals surface area contributed by atoms with Gasteiger partial charge in [0.2, 0.25) is 0 Å². The predicted octanol–water partition coefficient (Wildman–Crippen LogP) is 1.34. The van der Waals surface area contributed by atoms with E-state index in [1.165, 1.54) is 5.69 Å². The van der Waals surface area contributed by atoms with Gasteiger partial charge < -0.3 is 4.90 Å². The fourth-order valence-corrected chi connectivity index (χ4v) is 2.23. The predicted molar refractivity (Wildman–Crippen MR) is 62.5 cm³/mol. The highest BCUT2D eigenvalue weighted by Crippen LogP contribution is 2.21. The summed E-state index contributed by atoms with van der Waals surface area (Å²) in [5.41, 5.74) is 3.03. The molecule has 2 heterocycles. The number of aldehydes is 1. The lowest BCUT2D eigenvalue weighted by Gasteiger charge is -2.23. The van der Waals surface area contributed by atoms with Gasteiger partial charge in [0.25, 0.3) is 0 Å². The van der Waals surface area contributed by atoms with Crippen molar-refractivity contribution in [2.75, 3.05) is 13.6 Å². The van der Waals surface area contributed by atoms with Crippen LogP contribution in [0.3, 0.4) is 0 Å². The van der Waals surface area contributed by atoms with E-state index in [0.717, 1.165) is 37.9 Å². The Balaban J connectivity index is 2.38. The molecule has 2 rings (SSSR count). The Morgan fingerprint density at radius 2 is 2.25 bits per heavy atom. The molecule has 0 saturated carbocycles. The molecule has 0 saturated heterocycles. The van der Waals surface area contributed by atoms with Gasteiger partial charge in [0.1, 0.15) is 5.69 Å². The average molecular weight is 221 g/mol. The first-order chi connectivity index (χ1) is 7.61. The zero-order valence-corrected chi connectivity index (χ0v) is 10.2. The van der Waals surface area contributed by atoms with Crippen molar-refractivity contribution in [3.63, 3.8) is 0 Å². The number of hydrogen-bond acceptors (Lipinski definition) is 3. The van der Waals surface area contributed by atoms with Gasteiger partial charge in [-0.05, 0) is 19.4 Å². The molecule has 16 heavy (non-hydrogen) atoms. The largest absolute Gasteiger partial charge is 0.300 e. The van der Waals surface area contributed by atoms with Gasteiger partial charge in [-0.25, -0.2) is 0 Å². The Bertz CT molecular complexity index is 395. The van der Waals surface area contributed by atoms with Crippen LogP contribution in [0.1, 0.15) is 35.6 Å². The standard InChI is InChI=1S/C12H19N3O/c1-9(2)6-15-12-7-14(3)5-4-10(12)11(8-16)13-15/h8-9H,4-7H2,1-3H3. The highest BCUT2D eigenvalue weighted by atomic mass is 16.1. The fraction of sp³-hybridized carbons (Fsp3) is 0.667. The van der Waals surface area contributed by atoms with Crippen molar-refractivity contribution in [3.8, 4) is 0 Å². The van der Waals surface area contributed by atoms with Crippen molar-refractivity contribution < 1.29 is 4.79 Å². The monoisotopic (exact) mass is 221 g/mol. The Morgan fingerprint density at radius 1 is 1.50 bits per heavy atom. The van der Waals surface area contributed by atoms with Gasteiger partial charge in [0.15, 0.2) is 6.29 Å². The number of rotatable bonds is 3. The fourth-order valence-electron chi connectivity index (χ4n) is 2.23. The van der Waals surface area contributed by atoms with Crippen LogP contribution >= 0.6 is 0 Å². The summed E-state index contributed by atoms with van der Waals surface area (Å²) in [6.07, 6.45) is 1.83. The van der Waals surface area contributed by atoms with Crippen molar-refractivity contribution in [1.29, 1.82) is 0 Å². The van der Waals surface area contributed by atoms with Gasteiger partial charge in [0.05, 0.1) is 5.69 Å². The molecule has 4 nitrogen and oxygen atoms in total. The maximum Gasteiger partial charge on any atom is 0.170 e. The molecule has 0 spiro atoms. The highest BCUT2D eigenvalue weighted by molar-refractivity contribution is 5.74. The molecule has 0 atom stereocenters. The third-order valence-corrected chi connectivity index (χ3v) is 3.01. The van der Waals surface area contributed by atoms with E-state index in [9.17, 15) is 4.79 Å². The lowest BCUT2D eigenvalue weighted by atomic mass is 10.1. The first kappa shape index (κ1) is 11.3. The van der Waals surface area contributed by atoms with E-state index < -0.39 is 0 Å². The molecule has 0 aliphatic carbocycles. The molecule has 0 N–H and O–H groups in total. The maximum absolute atomic E-state index is 11.0. The van der Waals surface area contributed by atoms with Crippen LogP contribution in [0, 0.1) is 5.92 Å². The van der Waals surface area contributed by atoms with Crippen LogP contribution in [0.25, 0.3) is 0 Å². The summed E-state index contributed by atoms with van der Waals surface area (Å²) in [5.74, 6) is 0.552. The number of fused-ring (bicyclic) bond motifs is 1. The second-order valence-corrected chi connectivity index (χ2v) is 4.99. The molecule has 1 aliphatic rings.